The van der Waals surface area contributed by atoms with E-state index in [1.54, 1.807) is 0 Å². The van der Waals surface area contributed by atoms with Crippen molar-refractivity contribution in [3.63, 3.8) is 0 Å². The number of hydrogen-bond donors (Lipinski definition) is 2. The topological polar surface area (TPSA) is 32.3 Å². The predicted octanol–water partition coefficient (Wildman–Crippen LogP) is 2.68. The summed E-state index contributed by atoms with van der Waals surface area (Å²) >= 11 is 0. The number of hydrogen-bond acceptors (Lipinski definition) is 2. The van der Waals surface area contributed by atoms with Crippen molar-refractivity contribution in [3.05, 3.63) is 35.4 Å². The summed E-state index contributed by atoms with van der Waals surface area (Å²) < 4.78 is 0. The molecule has 2 N–H and O–H groups in total. The summed E-state index contributed by atoms with van der Waals surface area (Å²) in [6.45, 7) is 4.31. The van der Waals surface area contributed by atoms with Gasteiger partial charge in [-0.3, -0.25) is 0 Å². The van der Waals surface area contributed by atoms with Crippen LogP contribution in [0.3, 0.4) is 0 Å². The van der Waals surface area contributed by atoms with Gasteiger partial charge in [-0.1, -0.05) is 29.8 Å². The Morgan fingerprint density at radius 1 is 1.22 bits per heavy atom. The van der Waals surface area contributed by atoms with E-state index >= 15 is 0 Å². The fourth-order valence-electron chi connectivity index (χ4n) is 2.76. The molecule has 0 amide bonds. The molecule has 100 valence electrons. The molecule has 0 unspecified atom stereocenters. The van der Waals surface area contributed by atoms with Gasteiger partial charge < -0.3 is 10.4 Å². The Morgan fingerprint density at radius 2 is 2.00 bits per heavy atom. The van der Waals surface area contributed by atoms with E-state index in [1.165, 1.54) is 24.0 Å². The number of rotatable bonds is 5. The Bertz CT molecular complexity index is 356. The molecule has 2 heteroatoms. The second-order valence-corrected chi connectivity index (χ2v) is 5.62. The van der Waals surface area contributed by atoms with Gasteiger partial charge in [-0.2, -0.15) is 0 Å². The van der Waals surface area contributed by atoms with Crippen LogP contribution >= 0.6 is 0 Å². The fourth-order valence-corrected chi connectivity index (χ4v) is 2.76. The first-order chi connectivity index (χ1) is 8.74. The third-order valence-electron chi connectivity index (χ3n) is 3.92. The summed E-state index contributed by atoms with van der Waals surface area (Å²) in [5, 5.41) is 13.0. The average Bonchev–Trinajstić information content (AvgIpc) is 2.37. The Labute approximate surface area is 110 Å². The van der Waals surface area contributed by atoms with Crippen LogP contribution in [-0.2, 0) is 6.42 Å². The van der Waals surface area contributed by atoms with Crippen LogP contribution in [0.4, 0.5) is 0 Å². The zero-order valence-corrected chi connectivity index (χ0v) is 11.4. The highest BCUT2D eigenvalue weighted by Gasteiger charge is 2.18. The van der Waals surface area contributed by atoms with Crippen LogP contribution in [0, 0.1) is 12.8 Å². The summed E-state index contributed by atoms with van der Waals surface area (Å²) in [6.07, 6.45) is 5.41. The van der Waals surface area contributed by atoms with Gasteiger partial charge in [0.25, 0.3) is 0 Å². The van der Waals surface area contributed by atoms with E-state index in [4.69, 9.17) is 0 Å². The van der Waals surface area contributed by atoms with E-state index in [9.17, 15) is 5.11 Å². The summed E-state index contributed by atoms with van der Waals surface area (Å²) in [7, 11) is 0. The van der Waals surface area contributed by atoms with Crippen LogP contribution in [-0.4, -0.2) is 24.3 Å². The van der Waals surface area contributed by atoms with E-state index in [1.807, 2.05) is 0 Å². The van der Waals surface area contributed by atoms with Crippen molar-refractivity contribution in [2.24, 2.45) is 5.92 Å². The zero-order valence-electron chi connectivity index (χ0n) is 11.4. The van der Waals surface area contributed by atoms with Crippen LogP contribution in [0.1, 0.15) is 36.8 Å². The van der Waals surface area contributed by atoms with Gasteiger partial charge in [-0.15, -0.1) is 0 Å². The molecule has 1 fully saturated rings. The number of aliphatic hydroxyl groups is 1. The zero-order chi connectivity index (χ0) is 12.8. The minimum absolute atomic E-state index is 0.0338. The van der Waals surface area contributed by atoms with Gasteiger partial charge in [-0.25, -0.2) is 0 Å². The van der Waals surface area contributed by atoms with E-state index < -0.39 is 0 Å². The van der Waals surface area contributed by atoms with Crippen molar-refractivity contribution in [1.82, 2.24) is 5.32 Å². The molecule has 0 heterocycles. The first-order valence-corrected chi connectivity index (χ1v) is 7.18. The summed E-state index contributed by atoms with van der Waals surface area (Å²) in [4.78, 5) is 0. The Hall–Kier alpha value is -0.860. The lowest BCUT2D eigenvalue weighted by Gasteiger charge is -2.25. The van der Waals surface area contributed by atoms with Gasteiger partial charge in [0.2, 0.25) is 0 Å². The van der Waals surface area contributed by atoms with Crippen LogP contribution in [0.25, 0.3) is 0 Å². The molecule has 0 bridgehead atoms. The van der Waals surface area contributed by atoms with Crippen molar-refractivity contribution in [2.75, 3.05) is 13.1 Å². The molecule has 1 saturated carbocycles. The summed E-state index contributed by atoms with van der Waals surface area (Å²) in [5.74, 6) is 0.769. The molecule has 0 atom stereocenters. The summed E-state index contributed by atoms with van der Waals surface area (Å²) in [5.41, 5.74) is 2.76. The molecule has 2 rings (SSSR count). The van der Waals surface area contributed by atoms with Crippen LogP contribution in [0.2, 0.25) is 0 Å². The highest BCUT2D eigenvalue weighted by atomic mass is 16.3. The number of benzene rings is 1. The first kappa shape index (κ1) is 13.6. The molecule has 0 aromatic heterocycles. The SMILES string of the molecule is Cc1cccc(CCNCC2CCC(O)CC2)c1. The monoisotopic (exact) mass is 247 g/mol. The van der Waals surface area contributed by atoms with Gasteiger partial charge in [0.05, 0.1) is 6.10 Å². The van der Waals surface area contributed by atoms with Crippen molar-refractivity contribution in [1.29, 1.82) is 0 Å². The lowest BCUT2D eigenvalue weighted by atomic mass is 9.87. The van der Waals surface area contributed by atoms with Crippen molar-refractivity contribution >= 4 is 0 Å². The quantitative estimate of drug-likeness (QED) is 0.784. The molecule has 1 aliphatic carbocycles. The Kier molecular flexibility index (Phi) is 5.21. The second kappa shape index (κ2) is 6.91. The first-order valence-electron chi connectivity index (χ1n) is 7.18. The van der Waals surface area contributed by atoms with Crippen LogP contribution < -0.4 is 5.32 Å². The maximum Gasteiger partial charge on any atom is 0.0540 e. The van der Waals surface area contributed by atoms with Crippen molar-refractivity contribution in [3.8, 4) is 0 Å². The molecular formula is C16H25NO. The molecule has 0 spiro atoms. The molecule has 1 aromatic carbocycles. The van der Waals surface area contributed by atoms with Gasteiger partial charge >= 0.3 is 0 Å². The second-order valence-electron chi connectivity index (χ2n) is 5.62. The van der Waals surface area contributed by atoms with E-state index in [0.717, 1.165) is 38.3 Å². The maximum absolute atomic E-state index is 9.45. The number of nitrogens with one attached hydrogen (secondary N) is 1. The third-order valence-corrected chi connectivity index (χ3v) is 3.92. The van der Waals surface area contributed by atoms with Crippen molar-refractivity contribution in [2.45, 2.75) is 45.1 Å². The van der Waals surface area contributed by atoms with E-state index in [-0.39, 0.29) is 6.10 Å². The summed E-state index contributed by atoms with van der Waals surface area (Å²) in [6, 6.07) is 8.74. The van der Waals surface area contributed by atoms with Gasteiger partial charge in [-0.05, 0) is 63.6 Å². The third kappa shape index (κ3) is 4.43. The standard InChI is InChI=1S/C16H25NO/c1-13-3-2-4-14(11-13)9-10-17-12-15-5-7-16(18)8-6-15/h2-4,11,15-18H,5-10,12H2,1H3. The molecule has 0 radical (unpaired) electrons. The molecule has 18 heavy (non-hydrogen) atoms. The van der Waals surface area contributed by atoms with Gasteiger partial charge in [0.15, 0.2) is 0 Å². The maximum atomic E-state index is 9.45. The Balaban J connectivity index is 1.61. The molecule has 1 aromatic rings. The van der Waals surface area contributed by atoms with Gasteiger partial charge in [0.1, 0.15) is 0 Å². The fraction of sp³-hybridized carbons (Fsp3) is 0.625. The molecule has 1 aliphatic rings. The number of aliphatic hydroxyl groups excluding tert-OH is 1. The number of aryl methyl sites for hydroxylation is 1. The minimum Gasteiger partial charge on any atom is -0.393 e. The van der Waals surface area contributed by atoms with E-state index in [0.29, 0.717) is 0 Å². The normalized spacial score (nSPS) is 24.1. The van der Waals surface area contributed by atoms with E-state index in [2.05, 4.69) is 36.5 Å². The van der Waals surface area contributed by atoms with Crippen LogP contribution in [0.5, 0.6) is 0 Å². The van der Waals surface area contributed by atoms with Crippen molar-refractivity contribution < 1.29 is 5.11 Å². The smallest absolute Gasteiger partial charge is 0.0540 e. The van der Waals surface area contributed by atoms with Gasteiger partial charge in [0, 0.05) is 0 Å². The Morgan fingerprint density at radius 3 is 2.72 bits per heavy atom. The predicted molar refractivity (Wildman–Crippen MR) is 75.7 cm³/mol. The largest absolute Gasteiger partial charge is 0.393 e. The lowest BCUT2D eigenvalue weighted by Crippen LogP contribution is -2.29. The minimum atomic E-state index is -0.0338. The molecule has 0 aliphatic heterocycles. The molecule has 0 saturated heterocycles. The highest BCUT2D eigenvalue weighted by Crippen LogP contribution is 2.23. The van der Waals surface area contributed by atoms with Crippen LogP contribution in [0.15, 0.2) is 24.3 Å². The highest BCUT2D eigenvalue weighted by molar-refractivity contribution is 5.22. The average molecular weight is 247 g/mol. The lowest BCUT2D eigenvalue weighted by molar-refractivity contribution is 0.108. The molecule has 2 nitrogen and oxygen atoms in total. The molecular weight excluding hydrogens is 222 g/mol.